The topological polar surface area (TPSA) is 341 Å². The minimum atomic E-state index is -1.59. The van der Waals surface area contributed by atoms with Crippen molar-refractivity contribution in [2.45, 2.75) is 172 Å². The number of H-pyrrole nitrogens is 1. The normalized spacial score (nSPS) is 23.9. The molecule has 0 bridgehead atoms. The van der Waals surface area contributed by atoms with Crippen molar-refractivity contribution in [1.82, 2.24) is 42.2 Å². The number of para-hydroxylation sites is 1. The van der Waals surface area contributed by atoms with Gasteiger partial charge >= 0.3 is 0 Å². The number of hydrogen-bond donors (Lipinski definition) is 12. The maximum Gasteiger partial charge on any atom is 0.246 e. The molecule has 0 spiro atoms. The van der Waals surface area contributed by atoms with Crippen molar-refractivity contribution in [3.05, 3.63) is 48.2 Å². The number of allylic oxidation sites excluding steroid dienone is 2. The SMILES string of the molecule is CC(=O)N[C@@H](CCCCN)C(=O)N[C@@]1(C)CCC/C=C\CCC[C@@](C)(C(=O)N[C@@H](CCCCN)C(N)=O)NC(=O)[C@H](C)NC(=O)[C@H](CCCCN)NC(=O)[C@H](Cc2c[nH]c3ccccc23)NC1=O. The molecule has 0 radical (unpaired) electrons. The lowest BCUT2D eigenvalue weighted by atomic mass is 9.91. The second-order valence-electron chi connectivity index (χ2n) is 18.3. The van der Waals surface area contributed by atoms with Gasteiger partial charge in [-0.15, -0.1) is 0 Å². The van der Waals surface area contributed by atoms with Crippen LogP contribution in [0.25, 0.3) is 10.9 Å². The Morgan fingerprint density at radius 2 is 1.35 bits per heavy atom. The number of aromatic nitrogens is 1. The lowest BCUT2D eigenvalue weighted by molar-refractivity contribution is -0.138. The van der Waals surface area contributed by atoms with Crippen LogP contribution in [0.4, 0.5) is 0 Å². The van der Waals surface area contributed by atoms with E-state index in [0.717, 1.165) is 10.9 Å². The number of aromatic amines is 1. The summed E-state index contributed by atoms with van der Waals surface area (Å²) in [6.45, 7) is 6.99. The first-order valence-electron chi connectivity index (χ1n) is 24.1. The first kappa shape index (κ1) is 56.5. The molecule has 0 aliphatic carbocycles. The minimum absolute atomic E-state index is 0.0117. The highest BCUT2D eigenvalue weighted by Gasteiger charge is 2.40. The van der Waals surface area contributed by atoms with E-state index in [1.807, 2.05) is 36.4 Å². The number of primary amides is 1. The highest BCUT2D eigenvalue weighted by molar-refractivity contribution is 5.99. The molecule has 1 aromatic carbocycles. The van der Waals surface area contributed by atoms with E-state index in [-0.39, 0.29) is 38.5 Å². The summed E-state index contributed by atoms with van der Waals surface area (Å²) in [5.41, 5.74) is 21.2. The maximum atomic E-state index is 14.7. The molecule has 7 atom stereocenters. The lowest BCUT2D eigenvalue weighted by Gasteiger charge is -2.33. The number of carbonyl (C=O) groups is 8. The van der Waals surface area contributed by atoms with E-state index in [4.69, 9.17) is 22.9 Å². The summed E-state index contributed by atoms with van der Waals surface area (Å²) < 4.78 is 0. The fourth-order valence-corrected chi connectivity index (χ4v) is 8.15. The molecule has 8 amide bonds. The minimum Gasteiger partial charge on any atom is -0.368 e. The van der Waals surface area contributed by atoms with E-state index >= 15 is 0 Å². The molecule has 16 N–H and O–H groups in total. The van der Waals surface area contributed by atoms with E-state index in [0.29, 0.717) is 89.4 Å². The van der Waals surface area contributed by atoms with Gasteiger partial charge in [-0.3, -0.25) is 38.4 Å². The van der Waals surface area contributed by atoms with Crippen molar-refractivity contribution in [1.29, 1.82) is 0 Å². The van der Waals surface area contributed by atoms with Crippen LogP contribution >= 0.6 is 0 Å². The van der Waals surface area contributed by atoms with Gasteiger partial charge in [-0.1, -0.05) is 30.4 Å². The molecule has 20 heteroatoms. The molecule has 2 heterocycles. The Kier molecular flexibility index (Phi) is 23.6. The van der Waals surface area contributed by atoms with E-state index in [9.17, 15) is 38.4 Å². The van der Waals surface area contributed by atoms with E-state index < -0.39 is 88.5 Å². The van der Waals surface area contributed by atoms with Crippen molar-refractivity contribution in [2.75, 3.05) is 19.6 Å². The second kappa shape index (κ2) is 28.5. The number of carbonyl (C=O) groups excluding carboxylic acids is 8. The average Bonchev–Trinajstić information content (AvgIpc) is 3.70. The van der Waals surface area contributed by atoms with Crippen LogP contribution in [0.5, 0.6) is 0 Å². The van der Waals surface area contributed by atoms with Gasteiger partial charge in [0.15, 0.2) is 0 Å². The predicted octanol–water partition coefficient (Wildman–Crippen LogP) is 0.707. The number of benzene rings is 1. The fraction of sp³-hybridized carbons (Fsp3) is 0.625. The summed E-state index contributed by atoms with van der Waals surface area (Å²) in [7, 11) is 0. The first-order chi connectivity index (χ1) is 32.4. The van der Waals surface area contributed by atoms with Crippen molar-refractivity contribution in [3.8, 4) is 0 Å². The van der Waals surface area contributed by atoms with Crippen LogP contribution in [0.1, 0.15) is 130 Å². The maximum absolute atomic E-state index is 14.7. The van der Waals surface area contributed by atoms with Crippen molar-refractivity contribution >= 4 is 58.2 Å². The largest absolute Gasteiger partial charge is 0.368 e. The number of unbranched alkanes of at least 4 members (excludes halogenated alkanes) is 3. The Hall–Kier alpha value is -5.86. The Balaban J connectivity index is 2.09. The molecule has 0 fully saturated rings. The second-order valence-corrected chi connectivity index (χ2v) is 18.3. The molecule has 2 aromatic rings. The van der Waals surface area contributed by atoms with E-state index in [1.165, 1.54) is 13.8 Å². The number of nitrogens with one attached hydrogen (secondary N) is 8. The number of nitrogens with two attached hydrogens (primary N) is 4. The summed E-state index contributed by atoms with van der Waals surface area (Å²) in [5.74, 6) is -5.10. The molecule has 1 aliphatic rings. The standard InChI is InChI=1S/C48H78N12O8/c1-31-41(63)59-47(3,45(67)57-36(40(52)62)21-11-16-26-49)24-14-7-5-6-8-15-25-48(4,60-44(66)38(55-32(2)61)23-13-18-28-51)46(68)58-39(29-33-30-53-35-20-10-9-19-34(33)35)43(65)56-37(42(64)54-31)22-12-17-27-50/h5-6,9-10,19-20,30-31,36-39,53H,7-8,11-18,21-29,49-51H2,1-4H3,(H2,52,62)(H,54,64)(H,55,61)(H,56,65)(H,57,67)(H,58,68)(H,59,63)(H,60,66)/b6-5-/t31-,36-,37-,38-,39-,47-,48-/m0/s1. The third-order valence-electron chi connectivity index (χ3n) is 12.4. The highest BCUT2D eigenvalue weighted by atomic mass is 16.2. The summed E-state index contributed by atoms with van der Waals surface area (Å²) in [4.78, 5) is 113. The number of amides is 8. The van der Waals surface area contributed by atoms with Crippen LogP contribution in [0.2, 0.25) is 0 Å². The zero-order chi connectivity index (χ0) is 50.3. The van der Waals surface area contributed by atoms with Crippen LogP contribution in [0, 0.1) is 0 Å². The lowest BCUT2D eigenvalue weighted by Crippen LogP contribution is -2.64. The average molecular weight is 951 g/mol. The van der Waals surface area contributed by atoms with Crippen LogP contribution in [-0.2, 0) is 44.8 Å². The summed E-state index contributed by atoms with van der Waals surface area (Å²) in [6.07, 6.45) is 11.6. The van der Waals surface area contributed by atoms with Gasteiger partial charge in [-0.25, -0.2) is 0 Å². The van der Waals surface area contributed by atoms with Gasteiger partial charge in [0.2, 0.25) is 47.3 Å². The van der Waals surface area contributed by atoms with Gasteiger partial charge in [0.05, 0.1) is 0 Å². The molecule has 20 nitrogen and oxygen atoms in total. The van der Waals surface area contributed by atoms with Crippen molar-refractivity contribution in [3.63, 3.8) is 0 Å². The van der Waals surface area contributed by atoms with Crippen LogP contribution in [0.15, 0.2) is 42.6 Å². The zero-order valence-electron chi connectivity index (χ0n) is 40.4. The molecule has 0 saturated carbocycles. The highest BCUT2D eigenvalue weighted by Crippen LogP contribution is 2.22. The molecular weight excluding hydrogens is 873 g/mol. The summed E-state index contributed by atoms with van der Waals surface area (Å²) in [5, 5.41) is 20.4. The van der Waals surface area contributed by atoms with Crippen molar-refractivity contribution < 1.29 is 38.4 Å². The van der Waals surface area contributed by atoms with Gasteiger partial charge in [0, 0.05) is 30.4 Å². The number of rotatable bonds is 20. The van der Waals surface area contributed by atoms with Crippen LogP contribution in [-0.4, -0.2) is 113 Å². The Morgan fingerprint density at radius 3 is 1.99 bits per heavy atom. The molecule has 0 unspecified atom stereocenters. The Bertz CT molecular complexity index is 2040. The summed E-state index contributed by atoms with van der Waals surface area (Å²) in [6, 6.07) is 1.84. The van der Waals surface area contributed by atoms with Gasteiger partial charge < -0.3 is 65.1 Å². The van der Waals surface area contributed by atoms with Crippen molar-refractivity contribution in [2.24, 2.45) is 22.9 Å². The number of hydrogen-bond acceptors (Lipinski definition) is 11. The molecular formula is C48H78N12O8. The monoisotopic (exact) mass is 951 g/mol. The number of fused-ring (bicyclic) bond motifs is 1. The Morgan fingerprint density at radius 1 is 0.750 bits per heavy atom. The summed E-state index contributed by atoms with van der Waals surface area (Å²) >= 11 is 0. The van der Waals surface area contributed by atoms with Crippen LogP contribution in [0.3, 0.4) is 0 Å². The van der Waals surface area contributed by atoms with E-state index in [2.05, 4.69) is 42.2 Å². The smallest absolute Gasteiger partial charge is 0.246 e. The van der Waals surface area contributed by atoms with Gasteiger partial charge in [0.1, 0.15) is 41.3 Å². The molecule has 1 aliphatic heterocycles. The van der Waals surface area contributed by atoms with E-state index in [1.54, 1.807) is 20.0 Å². The van der Waals surface area contributed by atoms with Crippen LogP contribution < -0.4 is 60.2 Å². The zero-order valence-corrected chi connectivity index (χ0v) is 40.4. The third kappa shape index (κ3) is 18.0. The third-order valence-corrected chi connectivity index (χ3v) is 12.4. The quantitative estimate of drug-likeness (QED) is 0.0648. The van der Waals surface area contributed by atoms with Gasteiger partial charge in [0.25, 0.3) is 0 Å². The molecule has 1 aromatic heterocycles. The van der Waals surface area contributed by atoms with Gasteiger partial charge in [-0.05, 0) is 148 Å². The molecule has 68 heavy (non-hydrogen) atoms. The predicted molar refractivity (Wildman–Crippen MR) is 261 cm³/mol. The first-order valence-corrected chi connectivity index (χ1v) is 24.1. The Labute approximate surface area is 400 Å². The fourth-order valence-electron chi connectivity index (χ4n) is 8.15. The van der Waals surface area contributed by atoms with Gasteiger partial charge in [-0.2, -0.15) is 0 Å². The molecule has 0 saturated heterocycles. The molecule has 378 valence electrons. The molecule has 3 rings (SSSR count).